The minimum absolute atomic E-state index is 0.749. The van der Waals surface area contributed by atoms with Crippen LogP contribution in [0.15, 0.2) is 0 Å². The fraction of sp³-hybridized carbons (Fsp3) is 0.972. The van der Waals surface area contributed by atoms with Crippen LogP contribution in [0.25, 0.3) is 0 Å². The summed E-state index contributed by atoms with van der Waals surface area (Å²) in [5.74, 6) is 1.90. The van der Waals surface area contributed by atoms with Gasteiger partial charge in [0.25, 0.3) is 0 Å². The van der Waals surface area contributed by atoms with Gasteiger partial charge in [0.15, 0.2) is 0 Å². The number of hydrogen-bond donors (Lipinski definition) is 0. The summed E-state index contributed by atoms with van der Waals surface area (Å²) in [6.45, 7) is 7.29. The Kier molecular flexibility index (Phi) is 31.3. The highest BCUT2D eigenvalue weighted by atomic mass is 14.2. The second kappa shape index (κ2) is 31.7. The van der Waals surface area contributed by atoms with Crippen molar-refractivity contribution >= 4 is 0 Å². The van der Waals surface area contributed by atoms with Crippen LogP contribution in [0.5, 0.6) is 0 Å². The molecule has 0 saturated heterocycles. The van der Waals surface area contributed by atoms with Crippen LogP contribution in [0.3, 0.4) is 0 Å². The van der Waals surface area contributed by atoms with Gasteiger partial charge in [-0.05, 0) is 18.3 Å². The standard InChI is InChI=1S/C36H71N/c1-4-5-6-23-26-30-35(2)32-29-33-36(3)31-27-24-21-19-17-15-13-11-9-7-8-10-12-14-16-18-20-22-25-28-34-37/h35-36H,4-33H2,1-3H3. The summed E-state index contributed by atoms with van der Waals surface area (Å²) >= 11 is 0. The van der Waals surface area contributed by atoms with E-state index in [0.717, 1.165) is 24.7 Å². The fourth-order valence-corrected chi connectivity index (χ4v) is 5.90. The highest BCUT2D eigenvalue weighted by Crippen LogP contribution is 2.22. The topological polar surface area (TPSA) is 23.8 Å². The molecule has 1 nitrogen and oxygen atoms in total. The van der Waals surface area contributed by atoms with Crippen molar-refractivity contribution in [2.45, 2.75) is 213 Å². The van der Waals surface area contributed by atoms with Crippen molar-refractivity contribution in [2.24, 2.45) is 11.8 Å². The van der Waals surface area contributed by atoms with Gasteiger partial charge in [-0.3, -0.25) is 0 Å². The van der Waals surface area contributed by atoms with E-state index in [2.05, 4.69) is 26.8 Å². The molecule has 0 fully saturated rings. The maximum absolute atomic E-state index is 8.54. The van der Waals surface area contributed by atoms with Gasteiger partial charge < -0.3 is 0 Å². The van der Waals surface area contributed by atoms with Gasteiger partial charge in [0, 0.05) is 6.42 Å². The van der Waals surface area contributed by atoms with Gasteiger partial charge >= 0.3 is 0 Å². The second-order valence-electron chi connectivity index (χ2n) is 12.8. The van der Waals surface area contributed by atoms with Crippen LogP contribution < -0.4 is 0 Å². The molecule has 0 aromatic carbocycles. The van der Waals surface area contributed by atoms with Crippen molar-refractivity contribution in [1.29, 1.82) is 5.26 Å². The van der Waals surface area contributed by atoms with Crippen LogP contribution in [0, 0.1) is 23.2 Å². The molecular weight excluding hydrogens is 446 g/mol. The van der Waals surface area contributed by atoms with Crippen LogP contribution in [0.4, 0.5) is 0 Å². The zero-order valence-corrected chi connectivity index (χ0v) is 26.3. The number of hydrogen-bond acceptors (Lipinski definition) is 1. The third-order valence-electron chi connectivity index (χ3n) is 8.68. The van der Waals surface area contributed by atoms with Gasteiger partial charge in [-0.1, -0.05) is 201 Å². The first-order valence-corrected chi connectivity index (χ1v) is 17.6. The van der Waals surface area contributed by atoms with Crippen LogP contribution in [0.1, 0.15) is 213 Å². The number of nitriles is 1. The Morgan fingerprint density at radius 2 is 0.649 bits per heavy atom. The second-order valence-corrected chi connectivity index (χ2v) is 12.8. The number of rotatable bonds is 31. The Morgan fingerprint density at radius 1 is 0.378 bits per heavy atom. The summed E-state index contributed by atoms with van der Waals surface area (Å²) in [5, 5.41) is 8.54. The van der Waals surface area contributed by atoms with Gasteiger partial charge in [0.1, 0.15) is 0 Å². The average molecular weight is 518 g/mol. The quantitative estimate of drug-likeness (QED) is 0.0838. The molecule has 0 aliphatic carbocycles. The molecule has 220 valence electrons. The van der Waals surface area contributed by atoms with Crippen LogP contribution in [-0.2, 0) is 0 Å². The highest BCUT2D eigenvalue weighted by molar-refractivity contribution is 4.67. The molecule has 0 heterocycles. The van der Waals surface area contributed by atoms with E-state index in [1.54, 1.807) is 0 Å². The molecule has 0 bridgehead atoms. The summed E-state index contributed by atoms with van der Waals surface area (Å²) < 4.78 is 0. The van der Waals surface area contributed by atoms with Crippen LogP contribution in [-0.4, -0.2) is 0 Å². The largest absolute Gasteiger partial charge is 0.198 e. The van der Waals surface area contributed by atoms with Crippen LogP contribution in [0.2, 0.25) is 0 Å². The monoisotopic (exact) mass is 518 g/mol. The molecule has 0 amide bonds. The lowest BCUT2D eigenvalue weighted by Gasteiger charge is -2.14. The molecule has 37 heavy (non-hydrogen) atoms. The zero-order chi connectivity index (χ0) is 27.1. The minimum Gasteiger partial charge on any atom is -0.198 e. The zero-order valence-electron chi connectivity index (χ0n) is 26.3. The van der Waals surface area contributed by atoms with Gasteiger partial charge in [-0.2, -0.15) is 5.26 Å². The molecule has 0 rings (SSSR count). The lowest BCUT2D eigenvalue weighted by atomic mass is 9.92. The molecular formula is C36H71N. The summed E-state index contributed by atoms with van der Waals surface area (Å²) in [6, 6.07) is 2.24. The number of unbranched alkanes of at least 4 members (excludes halogenated alkanes) is 23. The highest BCUT2D eigenvalue weighted by Gasteiger charge is 2.06. The Morgan fingerprint density at radius 3 is 0.973 bits per heavy atom. The number of nitrogens with zero attached hydrogens (tertiary/aromatic N) is 1. The Labute approximate surface area is 236 Å². The molecule has 0 aromatic heterocycles. The summed E-state index contributed by atoms with van der Waals surface area (Å²) in [7, 11) is 0. The third kappa shape index (κ3) is 31.6. The molecule has 0 aliphatic rings. The summed E-state index contributed by atoms with van der Waals surface area (Å²) in [4.78, 5) is 0. The maximum Gasteiger partial charge on any atom is 0.0621 e. The van der Waals surface area contributed by atoms with Gasteiger partial charge in [-0.15, -0.1) is 0 Å². The predicted molar refractivity (Wildman–Crippen MR) is 168 cm³/mol. The van der Waals surface area contributed by atoms with Gasteiger partial charge in [-0.25, -0.2) is 0 Å². The van der Waals surface area contributed by atoms with E-state index < -0.39 is 0 Å². The summed E-state index contributed by atoms with van der Waals surface area (Å²) in [5.41, 5.74) is 0. The van der Waals surface area contributed by atoms with Crippen molar-refractivity contribution in [3.63, 3.8) is 0 Å². The van der Waals surface area contributed by atoms with Crippen molar-refractivity contribution in [1.82, 2.24) is 0 Å². The summed E-state index contributed by atoms with van der Waals surface area (Å²) in [6.07, 6.45) is 42.2. The van der Waals surface area contributed by atoms with Gasteiger partial charge in [0.05, 0.1) is 6.07 Å². The smallest absolute Gasteiger partial charge is 0.0621 e. The lowest BCUT2D eigenvalue weighted by molar-refractivity contribution is 0.391. The molecule has 1 heteroatoms. The van der Waals surface area contributed by atoms with Crippen molar-refractivity contribution in [2.75, 3.05) is 0 Å². The van der Waals surface area contributed by atoms with E-state index in [1.165, 1.54) is 180 Å². The molecule has 0 saturated carbocycles. The first kappa shape index (κ1) is 36.5. The molecule has 0 aromatic rings. The van der Waals surface area contributed by atoms with E-state index in [-0.39, 0.29) is 0 Å². The van der Waals surface area contributed by atoms with E-state index in [9.17, 15) is 0 Å². The van der Waals surface area contributed by atoms with Crippen molar-refractivity contribution in [3.05, 3.63) is 0 Å². The van der Waals surface area contributed by atoms with E-state index in [4.69, 9.17) is 5.26 Å². The lowest BCUT2D eigenvalue weighted by Crippen LogP contribution is -1.99. The first-order chi connectivity index (χ1) is 18.2. The maximum atomic E-state index is 8.54. The fourth-order valence-electron chi connectivity index (χ4n) is 5.90. The molecule has 0 spiro atoms. The molecule has 0 aliphatic heterocycles. The minimum atomic E-state index is 0.749. The predicted octanol–water partition coefficient (Wildman–Crippen LogP) is 13.5. The first-order valence-electron chi connectivity index (χ1n) is 17.6. The molecule has 2 atom stereocenters. The van der Waals surface area contributed by atoms with Crippen molar-refractivity contribution < 1.29 is 0 Å². The molecule has 0 N–H and O–H groups in total. The van der Waals surface area contributed by atoms with E-state index in [1.807, 2.05) is 0 Å². The Bertz CT molecular complexity index is 450. The van der Waals surface area contributed by atoms with E-state index in [0.29, 0.717) is 0 Å². The molecule has 2 unspecified atom stereocenters. The molecule has 0 radical (unpaired) electrons. The normalized spacial score (nSPS) is 13.0. The van der Waals surface area contributed by atoms with E-state index >= 15 is 0 Å². The Hall–Kier alpha value is -0.510. The van der Waals surface area contributed by atoms with Crippen molar-refractivity contribution in [3.8, 4) is 6.07 Å². The Balaban J connectivity index is 3.19. The van der Waals surface area contributed by atoms with Gasteiger partial charge in [0.2, 0.25) is 0 Å². The SMILES string of the molecule is CCCCCCCC(C)CCCC(C)CCCCCCCCCCCCCCCCCCCCCC#N. The third-order valence-corrected chi connectivity index (χ3v) is 8.68. The van der Waals surface area contributed by atoms with Crippen LogP contribution >= 0.6 is 0 Å². The average Bonchev–Trinajstić information content (AvgIpc) is 2.89.